The average molecular weight is 302 g/mol. The molecule has 0 atom stereocenters. The third-order valence-electron chi connectivity index (χ3n) is 2.95. The summed E-state index contributed by atoms with van der Waals surface area (Å²) in [7, 11) is 3.22. The first kappa shape index (κ1) is 17.1. The Kier molecular flexibility index (Phi) is 7.13. The molecule has 1 rings (SSSR count). The molecule has 114 valence electrons. The highest BCUT2D eigenvalue weighted by Crippen LogP contribution is 2.35. The monoisotopic (exact) mass is 301 g/mol. The number of phenolic OH excluding ortho intramolecular Hbond substituents is 1. The average Bonchev–Trinajstić information content (AvgIpc) is 2.39. The standard InChI is InChI=1S/C15H24ClNO3/c1-11(2)9-17(5-6-19-3)10-12-7-13(16)15(18)14(8-12)20-4/h7-8,11,18H,5-6,9-10H2,1-4H3. The van der Waals surface area contributed by atoms with Gasteiger partial charge in [0.05, 0.1) is 18.7 Å². The van der Waals surface area contributed by atoms with Crippen LogP contribution in [0.25, 0.3) is 0 Å². The predicted octanol–water partition coefficient (Wildman–Crippen LogP) is 3.16. The van der Waals surface area contributed by atoms with E-state index >= 15 is 0 Å². The maximum absolute atomic E-state index is 9.75. The number of hydrogen-bond donors (Lipinski definition) is 1. The molecular formula is C15H24ClNO3. The Bertz CT molecular complexity index is 424. The van der Waals surface area contributed by atoms with Crippen LogP contribution in [0.2, 0.25) is 5.02 Å². The molecule has 0 aliphatic heterocycles. The van der Waals surface area contributed by atoms with Crippen molar-refractivity contribution in [2.45, 2.75) is 20.4 Å². The zero-order chi connectivity index (χ0) is 15.1. The number of methoxy groups -OCH3 is 2. The summed E-state index contributed by atoms with van der Waals surface area (Å²) >= 11 is 6.02. The fourth-order valence-corrected chi connectivity index (χ4v) is 2.34. The molecule has 4 nitrogen and oxygen atoms in total. The van der Waals surface area contributed by atoms with E-state index in [2.05, 4.69) is 18.7 Å². The van der Waals surface area contributed by atoms with Crippen LogP contribution in [-0.4, -0.2) is 43.9 Å². The van der Waals surface area contributed by atoms with Crippen LogP contribution in [0, 0.1) is 5.92 Å². The van der Waals surface area contributed by atoms with Gasteiger partial charge in [0, 0.05) is 26.7 Å². The van der Waals surface area contributed by atoms with Crippen molar-refractivity contribution in [1.82, 2.24) is 4.90 Å². The lowest BCUT2D eigenvalue weighted by molar-refractivity contribution is 0.136. The number of benzene rings is 1. The van der Waals surface area contributed by atoms with E-state index in [-0.39, 0.29) is 5.75 Å². The van der Waals surface area contributed by atoms with Crippen molar-refractivity contribution in [2.24, 2.45) is 5.92 Å². The second-order valence-electron chi connectivity index (χ2n) is 5.25. The van der Waals surface area contributed by atoms with Gasteiger partial charge in [-0.25, -0.2) is 0 Å². The first-order valence-corrected chi connectivity index (χ1v) is 7.12. The minimum absolute atomic E-state index is 0.00906. The number of phenols is 1. The highest BCUT2D eigenvalue weighted by atomic mass is 35.5. The van der Waals surface area contributed by atoms with E-state index in [1.165, 1.54) is 7.11 Å². The number of ether oxygens (including phenoxy) is 2. The summed E-state index contributed by atoms with van der Waals surface area (Å²) in [6, 6.07) is 3.60. The van der Waals surface area contributed by atoms with Crippen LogP contribution in [0.15, 0.2) is 12.1 Å². The van der Waals surface area contributed by atoms with Crippen molar-refractivity contribution in [2.75, 3.05) is 33.9 Å². The van der Waals surface area contributed by atoms with Gasteiger partial charge in [-0.05, 0) is 23.6 Å². The summed E-state index contributed by atoms with van der Waals surface area (Å²) in [5.41, 5.74) is 1.02. The molecule has 20 heavy (non-hydrogen) atoms. The number of hydrogen-bond acceptors (Lipinski definition) is 4. The van der Waals surface area contributed by atoms with Crippen molar-refractivity contribution in [1.29, 1.82) is 0 Å². The predicted molar refractivity (Wildman–Crippen MR) is 81.7 cm³/mol. The van der Waals surface area contributed by atoms with E-state index in [9.17, 15) is 5.11 Å². The Morgan fingerprint density at radius 3 is 2.55 bits per heavy atom. The van der Waals surface area contributed by atoms with E-state index in [1.54, 1.807) is 13.2 Å². The molecule has 5 heteroatoms. The molecule has 0 saturated carbocycles. The SMILES string of the molecule is COCCN(Cc1cc(Cl)c(O)c(OC)c1)CC(C)C. The summed E-state index contributed by atoms with van der Waals surface area (Å²) in [6.45, 7) is 7.64. The normalized spacial score (nSPS) is 11.3. The second kappa shape index (κ2) is 8.35. The van der Waals surface area contributed by atoms with Gasteiger partial charge in [0.1, 0.15) is 0 Å². The van der Waals surface area contributed by atoms with Crippen molar-refractivity contribution < 1.29 is 14.6 Å². The van der Waals surface area contributed by atoms with Crippen LogP contribution in [0.5, 0.6) is 11.5 Å². The van der Waals surface area contributed by atoms with Crippen LogP contribution in [0.4, 0.5) is 0 Å². The molecule has 0 fully saturated rings. The third kappa shape index (κ3) is 5.19. The second-order valence-corrected chi connectivity index (χ2v) is 5.66. The Morgan fingerprint density at radius 1 is 1.30 bits per heavy atom. The molecule has 0 saturated heterocycles. The summed E-state index contributed by atoms with van der Waals surface area (Å²) < 4.78 is 10.3. The Hall–Kier alpha value is -0.970. The Morgan fingerprint density at radius 2 is 2.00 bits per heavy atom. The quantitative estimate of drug-likeness (QED) is 0.801. The smallest absolute Gasteiger partial charge is 0.176 e. The van der Waals surface area contributed by atoms with Gasteiger partial charge in [0.25, 0.3) is 0 Å². The van der Waals surface area contributed by atoms with Crippen LogP contribution in [0.3, 0.4) is 0 Å². The first-order chi connectivity index (χ1) is 9.47. The fraction of sp³-hybridized carbons (Fsp3) is 0.600. The van der Waals surface area contributed by atoms with Crippen molar-refractivity contribution in [3.05, 3.63) is 22.7 Å². The van der Waals surface area contributed by atoms with E-state index in [0.717, 1.165) is 25.2 Å². The number of halogens is 1. The van der Waals surface area contributed by atoms with Gasteiger partial charge < -0.3 is 14.6 Å². The number of aromatic hydroxyl groups is 1. The molecule has 0 radical (unpaired) electrons. The minimum atomic E-state index is -0.00906. The zero-order valence-electron chi connectivity index (χ0n) is 12.6. The van der Waals surface area contributed by atoms with E-state index < -0.39 is 0 Å². The molecule has 0 bridgehead atoms. The third-order valence-corrected chi connectivity index (χ3v) is 3.24. The summed E-state index contributed by atoms with van der Waals surface area (Å²) in [6.07, 6.45) is 0. The topological polar surface area (TPSA) is 41.9 Å². The lowest BCUT2D eigenvalue weighted by atomic mass is 10.1. The van der Waals surface area contributed by atoms with Gasteiger partial charge in [-0.2, -0.15) is 0 Å². The van der Waals surface area contributed by atoms with Gasteiger partial charge in [0.15, 0.2) is 11.5 Å². The first-order valence-electron chi connectivity index (χ1n) is 6.74. The molecule has 1 aromatic rings. The van der Waals surface area contributed by atoms with Crippen molar-refractivity contribution in [3.8, 4) is 11.5 Å². The van der Waals surface area contributed by atoms with Crippen molar-refractivity contribution in [3.63, 3.8) is 0 Å². The van der Waals surface area contributed by atoms with Crippen LogP contribution in [-0.2, 0) is 11.3 Å². The molecule has 0 aliphatic carbocycles. The molecule has 0 heterocycles. The molecule has 0 aromatic heterocycles. The highest BCUT2D eigenvalue weighted by Gasteiger charge is 2.13. The maximum atomic E-state index is 9.75. The van der Waals surface area contributed by atoms with Gasteiger partial charge in [-0.1, -0.05) is 25.4 Å². The largest absolute Gasteiger partial charge is 0.503 e. The maximum Gasteiger partial charge on any atom is 0.176 e. The summed E-state index contributed by atoms with van der Waals surface area (Å²) in [4.78, 5) is 2.30. The molecule has 1 N–H and O–H groups in total. The van der Waals surface area contributed by atoms with E-state index in [0.29, 0.717) is 23.3 Å². The summed E-state index contributed by atoms with van der Waals surface area (Å²) in [5, 5.41) is 10.1. The molecule has 0 aliphatic rings. The zero-order valence-corrected chi connectivity index (χ0v) is 13.4. The van der Waals surface area contributed by atoms with Crippen molar-refractivity contribution >= 4 is 11.6 Å². The van der Waals surface area contributed by atoms with E-state index in [1.807, 2.05) is 6.07 Å². The fourth-order valence-electron chi connectivity index (χ4n) is 2.10. The Labute approximate surface area is 126 Å². The van der Waals surface area contributed by atoms with Gasteiger partial charge >= 0.3 is 0 Å². The van der Waals surface area contributed by atoms with Crippen LogP contribution >= 0.6 is 11.6 Å². The van der Waals surface area contributed by atoms with Gasteiger partial charge in [0.2, 0.25) is 0 Å². The van der Waals surface area contributed by atoms with Gasteiger partial charge in [-0.15, -0.1) is 0 Å². The molecule has 0 unspecified atom stereocenters. The lowest BCUT2D eigenvalue weighted by Crippen LogP contribution is -2.30. The lowest BCUT2D eigenvalue weighted by Gasteiger charge is -2.24. The molecular weight excluding hydrogens is 278 g/mol. The Balaban J connectivity index is 2.83. The van der Waals surface area contributed by atoms with Crippen LogP contribution in [0.1, 0.15) is 19.4 Å². The van der Waals surface area contributed by atoms with Gasteiger partial charge in [-0.3, -0.25) is 4.90 Å². The highest BCUT2D eigenvalue weighted by molar-refractivity contribution is 6.32. The molecule has 0 amide bonds. The molecule has 0 spiro atoms. The minimum Gasteiger partial charge on any atom is -0.503 e. The number of nitrogens with zero attached hydrogens (tertiary/aromatic N) is 1. The van der Waals surface area contributed by atoms with E-state index in [4.69, 9.17) is 21.1 Å². The number of rotatable bonds is 8. The molecule has 1 aromatic carbocycles. The summed E-state index contributed by atoms with van der Waals surface area (Å²) in [5.74, 6) is 0.968. The van der Waals surface area contributed by atoms with Crippen LogP contribution < -0.4 is 4.74 Å².